The summed E-state index contributed by atoms with van der Waals surface area (Å²) in [6.45, 7) is 0. The Morgan fingerprint density at radius 2 is 1.55 bits per heavy atom. The second-order valence-corrected chi connectivity index (χ2v) is 8.98. The number of nitrogens with zero attached hydrogens (tertiary/aromatic N) is 1. The summed E-state index contributed by atoms with van der Waals surface area (Å²) >= 11 is 1.71. The molecular formula is C24H28IrNO2S-. The molecule has 2 aliphatic rings. The quantitative estimate of drug-likeness (QED) is 0.373. The van der Waals surface area contributed by atoms with Gasteiger partial charge in [-0.1, -0.05) is 31.4 Å². The van der Waals surface area contributed by atoms with Crippen LogP contribution in [0, 0.1) is 17.9 Å². The molecule has 2 saturated carbocycles. The number of para-hydroxylation sites is 1. The molecule has 4 atom stereocenters. The van der Waals surface area contributed by atoms with Gasteiger partial charge in [-0.25, -0.2) is 0 Å². The van der Waals surface area contributed by atoms with Gasteiger partial charge in [0.25, 0.3) is 0 Å². The third kappa shape index (κ3) is 5.53. The Hall–Kier alpha value is -1.10. The molecule has 2 aromatic carbocycles. The number of rotatable bonds is 1. The van der Waals surface area contributed by atoms with E-state index < -0.39 is 0 Å². The predicted octanol–water partition coefficient (Wildman–Crippen LogP) is 5.46. The molecule has 0 spiro atoms. The monoisotopic (exact) mass is 587 g/mol. The van der Waals surface area contributed by atoms with Gasteiger partial charge in [-0.2, -0.15) is 11.3 Å². The topological polar surface area (TPSA) is 53.4 Å². The van der Waals surface area contributed by atoms with Crippen LogP contribution in [0.25, 0.3) is 20.8 Å². The number of aliphatic hydroxyl groups is 2. The van der Waals surface area contributed by atoms with Crippen LogP contribution >= 0.6 is 11.3 Å². The summed E-state index contributed by atoms with van der Waals surface area (Å²) in [4.78, 5) is 4.57. The van der Waals surface area contributed by atoms with E-state index in [0.717, 1.165) is 41.8 Å². The predicted molar refractivity (Wildman–Crippen MR) is 115 cm³/mol. The van der Waals surface area contributed by atoms with E-state index in [1.165, 1.54) is 24.0 Å². The summed E-state index contributed by atoms with van der Waals surface area (Å²) in [7, 11) is 0. The Morgan fingerprint density at radius 3 is 2.31 bits per heavy atom. The largest absolute Gasteiger partial charge is 0.393 e. The van der Waals surface area contributed by atoms with E-state index in [-0.39, 0.29) is 38.2 Å². The minimum atomic E-state index is -0.234. The van der Waals surface area contributed by atoms with Crippen LogP contribution in [0.15, 0.2) is 48.5 Å². The summed E-state index contributed by atoms with van der Waals surface area (Å²) in [6, 6.07) is 19.3. The van der Waals surface area contributed by atoms with Crippen molar-refractivity contribution in [3.8, 4) is 10.6 Å². The molecule has 1 heterocycles. The van der Waals surface area contributed by atoms with E-state index in [2.05, 4.69) is 17.1 Å². The molecule has 5 rings (SSSR count). The summed E-state index contributed by atoms with van der Waals surface area (Å²) in [6.07, 6.45) is 7.31. The van der Waals surface area contributed by atoms with Crippen LogP contribution in [0.4, 0.5) is 0 Å². The molecule has 3 nitrogen and oxygen atoms in total. The average molecular weight is 587 g/mol. The Bertz CT molecular complexity index is 852. The first-order valence-electron chi connectivity index (χ1n) is 10.4. The number of aromatic nitrogens is 1. The number of thiazole rings is 1. The van der Waals surface area contributed by atoms with Gasteiger partial charge in [-0.3, -0.25) is 4.98 Å². The Morgan fingerprint density at radius 1 is 0.862 bits per heavy atom. The normalized spacial score (nSPS) is 26.4. The third-order valence-corrected chi connectivity index (χ3v) is 7.14. The van der Waals surface area contributed by atoms with E-state index in [1.807, 2.05) is 42.5 Å². The minimum Gasteiger partial charge on any atom is -0.393 e. The van der Waals surface area contributed by atoms with E-state index in [0.29, 0.717) is 5.92 Å². The van der Waals surface area contributed by atoms with Gasteiger partial charge in [0, 0.05) is 35.7 Å². The standard InChI is InChI=1S/C13H8NS.C11H20O2.Ir/c1-2-6-10(7-3-1)13-14-11-8-4-5-9-12(11)15-13;12-9-6-2-1-4-8-5-3-7-10(13)11(8)9;/h1-6,8-9H;8-13H,1-7H2;/q-1;;. The van der Waals surface area contributed by atoms with Gasteiger partial charge in [0.1, 0.15) is 0 Å². The second-order valence-electron chi connectivity index (χ2n) is 7.95. The van der Waals surface area contributed by atoms with Gasteiger partial charge < -0.3 is 10.2 Å². The van der Waals surface area contributed by atoms with Crippen LogP contribution in [0.5, 0.6) is 0 Å². The fraction of sp³-hybridized carbons (Fsp3) is 0.458. The molecular weight excluding hydrogens is 559 g/mol. The molecule has 5 heteroatoms. The summed E-state index contributed by atoms with van der Waals surface area (Å²) in [5.41, 5.74) is 2.13. The van der Waals surface area contributed by atoms with Crippen LogP contribution in [0.1, 0.15) is 44.9 Å². The van der Waals surface area contributed by atoms with E-state index in [4.69, 9.17) is 0 Å². The van der Waals surface area contributed by atoms with E-state index in [1.54, 1.807) is 11.3 Å². The summed E-state index contributed by atoms with van der Waals surface area (Å²) in [5.74, 6) is 0.789. The molecule has 1 radical (unpaired) electrons. The van der Waals surface area contributed by atoms with Crippen LogP contribution in [0.3, 0.4) is 0 Å². The van der Waals surface area contributed by atoms with Gasteiger partial charge in [-0.05, 0) is 43.7 Å². The first-order chi connectivity index (χ1) is 13.7. The molecule has 2 aliphatic carbocycles. The van der Waals surface area contributed by atoms with Crippen LogP contribution in [-0.2, 0) is 20.1 Å². The molecule has 2 N–H and O–H groups in total. The van der Waals surface area contributed by atoms with Crippen molar-refractivity contribution < 1.29 is 30.3 Å². The van der Waals surface area contributed by atoms with Crippen molar-refractivity contribution in [3.05, 3.63) is 54.6 Å². The Balaban J connectivity index is 0.000000162. The zero-order valence-corrected chi connectivity index (χ0v) is 19.7. The molecule has 3 aromatic rings. The maximum absolute atomic E-state index is 9.89. The summed E-state index contributed by atoms with van der Waals surface area (Å²) < 4.78 is 1.23. The van der Waals surface area contributed by atoms with Gasteiger partial charge in [0.05, 0.1) is 17.7 Å². The first kappa shape index (κ1) is 22.6. The zero-order chi connectivity index (χ0) is 19.3. The molecule has 0 saturated heterocycles. The molecule has 29 heavy (non-hydrogen) atoms. The van der Waals surface area contributed by atoms with Gasteiger partial charge >= 0.3 is 0 Å². The first-order valence-corrected chi connectivity index (χ1v) is 11.2. The van der Waals surface area contributed by atoms with Crippen molar-refractivity contribution >= 4 is 21.6 Å². The van der Waals surface area contributed by atoms with Crippen LogP contribution in [0.2, 0.25) is 0 Å². The molecule has 0 aliphatic heterocycles. The van der Waals surface area contributed by atoms with Crippen molar-refractivity contribution in [2.45, 2.75) is 57.2 Å². The summed E-state index contributed by atoms with van der Waals surface area (Å²) in [5, 5.41) is 20.8. The van der Waals surface area contributed by atoms with Crippen LogP contribution in [-0.4, -0.2) is 27.4 Å². The zero-order valence-electron chi connectivity index (χ0n) is 16.5. The molecule has 2 fully saturated rings. The fourth-order valence-electron chi connectivity index (χ4n) is 4.66. The number of hydrogen-bond acceptors (Lipinski definition) is 4. The van der Waals surface area contributed by atoms with Gasteiger partial charge in [-0.15, -0.1) is 35.9 Å². The Labute approximate surface area is 190 Å². The van der Waals surface area contributed by atoms with Crippen molar-refractivity contribution in [3.63, 3.8) is 0 Å². The van der Waals surface area contributed by atoms with Crippen molar-refractivity contribution in [2.75, 3.05) is 0 Å². The molecule has 0 amide bonds. The molecule has 1 aromatic heterocycles. The number of hydrogen-bond donors (Lipinski definition) is 2. The maximum atomic E-state index is 9.89. The SMILES string of the molecule is OC1CCCCC2CCCC(O)C12.[Ir].[c-]1ccccc1-c1nc2ccccc2s1. The van der Waals surface area contributed by atoms with Crippen LogP contribution < -0.4 is 0 Å². The third-order valence-electron chi connectivity index (χ3n) is 6.07. The minimum absolute atomic E-state index is 0. The molecule has 4 unspecified atom stereocenters. The maximum Gasteiger partial charge on any atom is 0.0697 e. The van der Waals surface area contributed by atoms with E-state index in [9.17, 15) is 10.2 Å². The number of benzene rings is 2. The number of aliphatic hydroxyl groups excluding tert-OH is 2. The van der Waals surface area contributed by atoms with Gasteiger partial charge in [0.2, 0.25) is 0 Å². The Kier molecular flexibility index (Phi) is 8.40. The second kappa shape index (κ2) is 10.8. The van der Waals surface area contributed by atoms with Crippen molar-refractivity contribution in [2.24, 2.45) is 11.8 Å². The van der Waals surface area contributed by atoms with E-state index >= 15 is 0 Å². The average Bonchev–Trinajstić information content (AvgIpc) is 3.07. The molecule has 157 valence electrons. The molecule has 0 bridgehead atoms. The van der Waals surface area contributed by atoms with Gasteiger partial charge in [0.15, 0.2) is 0 Å². The smallest absolute Gasteiger partial charge is 0.0697 e. The van der Waals surface area contributed by atoms with Crippen molar-refractivity contribution in [1.82, 2.24) is 4.98 Å². The van der Waals surface area contributed by atoms with Crippen molar-refractivity contribution in [1.29, 1.82) is 0 Å². The number of fused-ring (bicyclic) bond motifs is 2. The fourth-order valence-corrected chi connectivity index (χ4v) is 5.62.